The summed E-state index contributed by atoms with van der Waals surface area (Å²) in [5.74, 6) is 0.787. The molecule has 0 saturated carbocycles. The molecule has 0 spiro atoms. The van der Waals surface area contributed by atoms with Gasteiger partial charge in [-0.2, -0.15) is 0 Å². The van der Waals surface area contributed by atoms with Gasteiger partial charge in [-0.15, -0.1) is 0 Å². The van der Waals surface area contributed by atoms with E-state index in [1.54, 1.807) is 17.3 Å². The predicted molar refractivity (Wildman–Crippen MR) is 121 cm³/mol. The highest BCUT2D eigenvalue weighted by atomic mass is 32.1. The maximum Gasteiger partial charge on any atom is 0.229 e. The molecule has 0 bridgehead atoms. The van der Waals surface area contributed by atoms with E-state index in [1.165, 1.54) is 11.3 Å². The first-order valence-corrected chi connectivity index (χ1v) is 10.8. The second-order valence-corrected chi connectivity index (χ2v) is 7.87. The monoisotopic (exact) mass is 417 g/mol. The van der Waals surface area contributed by atoms with Crippen molar-refractivity contribution in [2.45, 2.75) is 26.3 Å². The number of rotatable bonds is 8. The van der Waals surface area contributed by atoms with E-state index in [0.29, 0.717) is 31.1 Å². The molecule has 0 atom stereocenters. The zero-order valence-electron chi connectivity index (χ0n) is 16.8. The number of carbonyl (C=O) groups is 1. The molecule has 0 saturated heterocycles. The third kappa shape index (κ3) is 4.66. The summed E-state index contributed by atoms with van der Waals surface area (Å²) in [5.41, 5.74) is 2.91. The summed E-state index contributed by atoms with van der Waals surface area (Å²) in [4.78, 5) is 24.0. The molecule has 0 unspecified atom stereocenters. The van der Waals surface area contributed by atoms with Gasteiger partial charge in [0.1, 0.15) is 11.3 Å². The van der Waals surface area contributed by atoms with Crippen LogP contribution in [0.15, 0.2) is 73.1 Å². The van der Waals surface area contributed by atoms with Crippen molar-refractivity contribution >= 4 is 32.6 Å². The van der Waals surface area contributed by atoms with Crippen LogP contribution in [0, 0.1) is 0 Å². The molecule has 6 heteroatoms. The zero-order valence-corrected chi connectivity index (χ0v) is 17.6. The van der Waals surface area contributed by atoms with Gasteiger partial charge in [-0.3, -0.25) is 14.7 Å². The van der Waals surface area contributed by atoms with Crippen LogP contribution in [-0.2, 0) is 17.8 Å². The van der Waals surface area contributed by atoms with Gasteiger partial charge in [0.25, 0.3) is 0 Å². The molecular formula is C24H23N3O2S. The maximum atomic E-state index is 13.2. The summed E-state index contributed by atoms with van der Waals surface area (Å²) < 4.78 is 6.73. The van der Waals surface area contributed by atoms with E-state index in [9.17, 15) is 4.79 Å². The SMILES string of the molecule is CCOc1cccc2sc(N(Cc3cccnc3)C(=O)CCc3ccccc3)nc12. The number of aryl methyl sites for hydroxylation is 1. The van der Waals surface area contributed by atoms with Crippen molar-refractivity contribution in [3.8, 4) is 5.75 Å². The van der Waals surface area contributed by atoms with Gasteiger partial charge < -0.3 is 4.74 Å². The fraction of sp³-hybridized carbons (Fsp3) is 0.208. The summed E-state index contributed by atoms with van der Waals surface area (Å²) in [5, 5.41) is 0.680. The Morgan fingerprint density at radius 2 is 1.87 bits per heavy atom. The number of aromatic nitrogens is 2. The Morgan fingerprint density at radius 1 is 1.03 bits per heavy atom. The molecular weight excluding hydrogens is 394 g/mol. The predicted octanol–water partition coefficient (Wildman–Crippen LogP) is 5.26. The lowest BCUT2D eigenvalue weighted by Gasteiger charge is -2.20. The number of hydrogen-bond acceptors (Lipinski definition) is 5. The standard InChI is InChI=1S/C24H23N3O2S/c1-2-29-20-11-6-12-21-23(20)26-24(30-21)27(17-19-10-7-15-25-16-19)22(28)14-13-18-8-4-3-5-9-18/h3-12,15-16H,2,13-14,17H2,1H3. The molecule has 0 aliphatic heterocycles. The van der Waals surface area contributed by atoms with Crippen LogP contribution in [0.1, 0.15) is 24.5 Å². The van der Waals surface area contributed by atoms with Crippen molar-refractivity contribution in [1.29, 1.82) is 0 Å². The number of benzene rings is 2. The number of fused-ring (bicyclic) bond motifs is 1. The van der Waals surface area contributed by atoms with Crippen LogP contribution in [0.25, 0.3) is 10.2 Å². The van der Waals surface area contributed by atoms with Gasteiger partial charge in [-0.05, 0) is 42.7 Å². The van der Waals surface area contributed by atoms with Crippen LogP contribution in [-0.4, -0.2) is 22.5 Å². The lowest BCUT2D eigenvalue weighted by molar-refractivity contribution is -0.118. The van der Waals surface area contributed by atoms with Crippen LogP contribution in [0.4, 0.5) is 5.13 Å². The lowest BCUT2D eigenvalue weighted by atomic mass is 10.1. The van der Waals surface area contributed by atoms with E-state index < -0.39 is 0 Å². The highest BCUT2D eigenvalue weighted by Crippen LogP contribution is 2.35. The molecule has 0 N–H and O–H groups in total. The number of para-hydroxylation sites is 1. The van der Waals surface area contributed by atoms with Gasteiger partial charge in [-0.25, -0.2) is 4.98 Å². The van der Waals surface area contributed by atoms with Gasteiger partial charge in [0.15, 0.2) is 5.13 Å². The molecule has 2 aromatic heterocycles. The average molecular weight is 418 g/mol. The Labute approximate surface area is 180 Å². The van der Waals surface area contributed by atoms with Crippen LogP contribution in [0.5, 0.6) is 5.75 Å². The van der Waals surface area contributed by atoms with Crippen LogP contribution in [0.2, 0.25) is 0 Å². The Hall–Kier alpha value is -3.25. The van der Waals surface area contributed by atoms with Gasteiger partial charge >= 0.3 is 0 Å². The van der Waals surface area contributed by atoms with E-state index in [4.69, 9.17) is 9.72 Å². The second-order valence-electron chi connectivity index (χ2n) is 6.86. The molecule has 0 aliphatic carbocycles. The van der Waals surface area contributed by atoms with Gasteiger partial charge in [0.2, 0.25) is 5.91 Å². The summed E-state index contributed by atoms with van der Waals surface area (Å²) >= 11 is 1.51. The minimum absolute atomic E-state index is 0.0414. The van der Waals surface area contributed by atoms with E-state index >= 15 is 0 Å². The number of thiazole rings is 1. The molecule has 2 aromatic carbocycles. The number of ether oxygens (including phenoxy) is 1. The Kier molecular flexibility index (Phi) is 6.35. The van der Waals surface area contributed by atoms with Crippen LogP contribution in [0.3, 0.4) is 0 Å². The van der Waals surface area contributed by atoms with E-state index in [2.05, 4.69) is 4.98 Å². The van der Waals surface area contributed by atoms with Crippen molar-refractivity contribution in [3.63, 3.8) is 0 Å². The first-order chi connectivity index (χ1) is 14.7. The quantitative estimate of drug-likeness (QED) is 0.393. The van der Waals surface area contributed by atoms with Gasteiger partial charge in [0.05, 0.1) is 17.9 Å². The number of anilines is 1. The van der Waals surface area contributed by atoms with Crippen LogP contribution < -0.4 is 9.64 Å². The first-order valence-electron chi connectivity index (χ1n) is 10.00. The summed E-state index contributed by atoms with van der Waals surface area (Å²) in [7, 11) is 0. The Balaban J connectivity index is 1.63. The number of amides is 1. The topological polar surface area (TPSA) is 55.3 Å². The summed E-state index contributed by atoms with van der Waals surface area (Å²) in [6, 6.07) is 19.8. The lowest BCUT2D eigenvalue weighted by Crippen LogP contribution is -2.30. The van der Waals surface area contributed by atoms with Gasteiger partial charge in [0, 0.05) is 18.8 Å². The molecule has 152 valence electrons. The van der Waals surface area contributed by atoms with E-state index in [0.717, 1.165) is 27.1 Å². The highest BCUT2D eigenvalue weighted by Gasteiger charge is 2.21. The molecule has 1 amide bonds. The summed E-state index contributed by atoms with van der Waals surface area (Å²) in [6.07, 6.45) is 4.63. The fourth-order valence-corrected chi connectivity index (χ4v) is 4.27. The summed E-state index contributed by atoms with van der Waals surface area (Å²) in [6.45, 7) is 2.96. The van der Waals surface area contributed by atoms with Crippen molar-refractivity contribution in [2.24, 2.45) is 0 Å². The molecule has 30 heavy (non-hydrogen) atoms. The number of hydrogen-bond donors (Lipinski definition) is 0. The molecule has 0 radical (unpaired) electrons. The fourth-order valence-electron chi connectivity index (χ4n) is 3.27. The van der Waals surface area contributed by atoms with Crippen molar-refractivity contribution in [1.82, 2.24) is 9.97 Å². The molecule has 0 aliphatic rings. The normalized spacial score (nSPS) is 10.8. The maximum absolute atomic E-state index is 13.2. The minimum Gasteiger partial charge on any atom is -0.492 e. The molecule has 0 fully saturated rings. The zero-order chi connectivity index (χ0) is 20.8. The van der Waals surface area contributed by atoms with Crippen LogP contribution >= 0.6 is 11.3 Å². The Bertz CT molecular complexity index is 1110. The Morgan fingerprint density at radius 3 is 2.63 bits per heavy atom. The second kappa shape index (κ2) is 9.50. The highest BCUT2D eigenvalue weighted by molar-refractivity contribution is 7.22. The smallest absolute Gasteiger partial charge is 0.229 e. The first kappa shape index (κ1) is 20.0. The largest absolute Gasteiger partial charge is 0.492 e. The molecule has 5 nitrogen and oxygen atoms in total. The minimum atomic E-state index is 0.0414. The number of nitrogens with zero attached hydrogens (tertiary/aromatic N) is 3. The van der Waals surface area contributed by atoms with Gasteiger partial charge in [-0.1, -0.05) is 53.8 Å². The van der Waals surface area contributed by atoms with Crippen molar-refractivity contribution in [2.75, 3.05) is 11.5 Å². The third-order valence-corrected chi connectivity index (χ3v) is 5.78. The van der Waals surface area contributed by atoms with E-state index in [1.807, 2.05) is 67.6 Å². The molecule has 4 aromatic rings. The third-order valence-electron chi connectivity index (χ3n) is 4.74. The van der Waals surface area contributed by atoms with E-state index in [-0.39, 0.29) is 5.91 Å². The number of carbonyl (C=O) groups excluding carboxylic acids is 1. The average Bonchev–Trinajstić information content (AvgIpc) is 3.22. The molecule has 2 heterocycles. The molecule has 4 rings (SSSR count). The van der Waals surface area contributed by atoms with Crippen molar-refractivity contribution < 1.29 is 9.53 Å². The van der Waals surface area contributed by atoms with Crippen molar-refractivity contribution in [3.05, 3.63) is 84.2 Å². The number of pyridine rings is 1.